The van der Waals surface area contributed by atoms with Crippen molar-refractivity contribution >= 4 is 11.6 Å². The summed E-state index contributed by atoms with van der Waals surface area (Å²) < 4.78 is 13.4. The Bertz CT molecular complexity index is 621. The molecule has 110 valence electrons. The van der Waals surface area contributed by atoms with Crippen LogP contribution in [-0.2, 0) is 0 Å². The van der Waals surface area contributed by atoms with E-state index in [4.69, 9.17) is 5.21 Å². The molecular weight excluding hydrogens is 275 g/mol. The molecule has 0 bridgehead atoms. The summed E-state index contributed by atoms with van der Waals surface area (Å²) in [6, 6.07) is 6.52. The smallest absolute Gasteiger partial charge is 0.225 e. The Morgan fingerprint density at radius 1 is 1.33 bits per heavy atom. The van der Waals surface area contributed by atoms with Gasteiger partial charge in [-0.25, -0.2) is 14.4 Å². The number of hydrogen-bond acceptors (Lipinski definition) is 6. The molecular formula is C14H14FN4O2-. The fraction of sp³-hybridized carbons (Fsp3) is 0.286. The van der Waals surface area contributed by atoms with Crippen molar-refractivity contribution in [3.05, 3.63) is 53.2 Å². The van der Waals surface area contributed by atoms with Gasteiger partial charge in [-0.05, 0) is 30.5 Å². The van der Waals surface area contributed by atoms with Gasteiger partial charge >= 0.3 is 0 Å². The van der Waals surface area contributed by atoms with Crippen molar-refractivity contribution in [1.82, 2.24) is 9.97 Å². The molecule has 1 atom stereocenters. The van der Waals surface area contributed by atoms with Crippen molar-refractivity contribution in [2.24, 2.45) is 0 Å². The number of anilines is 2. The maximum atomic E-state index is 13.4. The molecule has 0 spiro atoms. The predicted molar refractivity (Wildman–Crippen MR) is 75.4 cm³/mol. The number of nitrogens with zero attached hydrogens (tertiary/aromatic N) is 4. The number of halogens is 1. The summed E-state index contributed by atoms with van der Waals surface area (Å²) >= 11 is 0. The van der Waals surface area contributed by atoms with Crippen molar-refractivity contribution in [1.29, 1.82) is 0 Å². The van der Waals surface area contributed by atoms with Crippen molar-refractivity contribution in [2.75, 3.05) is 16.7 Å². The van der Waals surface area contributed by atoms with Crippen LogP contribution in [0, 0.1) is 11.0 Å². The molecule has 0 amide bonds. The molecule has 7 heteroatoms. The lowest BCUT2D eigenvalue weighted by Gasteiger charge is -2.26. The van der Waals surface area contributed by atoms with E-state index in [1.165, 1.54) is 24.5 Å². The fourth-order valence-electron chi connectivity index (χ4n) is 2.63. The summed E-state index contributed by atoms with van der Waals surface area (Å²) in [5, 5.41) is 19.2. The Kier molecular flexibility index (Phi) is 3.68. The van der Waals surface area contributed by atoms with Crippen LogP contribution in [0.25, 0.3) is 0 Å². The Balaban J connectivity index is 1.87. The minimum atomic E-state index is -0.280. The fourth-order valence-corrected chi connectivity index (χ4v) is 2.63. The third-order valence-corrected chi connectivity index (χ3v) is 3.59. The first-order chi connectivity index (χ1) is 10.1. The van der Waals surface area contributed by atoms with E-state index in [0.717, 1.165) is 24.9 Å². The van der Waals surface area contributed by atoms with Crippen LogP contribution in [0.2, 0.25) is 0 Å². The summed E-state index contributed by atoms with van der Waals surface area (Å²) in [5.74, 6) is 0.199. The molecule has 1 fully saturated rings. The van der Waals surface area contributed by atoms with E-state index in [-0.39, 0.29) is 22.8 Å². The van der Waals surface area contributed by atoms with Gasteiger partial charge in [-0.3, -0.25) is 5.21 Å². The van der Waals surface area contributed by atoms with Gasteiger partial charge in [0.25, 0.3) is 0 Å². The normalized spacial score (nSPS) is 18.0. The zero-order valence-electron chi connectivity index (χ0n) is 11.2. The van der Waals surface area contributed by atoms with Gasteiger partial charge in [0.15, 0.2) is 0 Å². The number of aromatic nitrogens is 2. The maximum Gasteiger partial charge on any atom is 0.225 e. The minimum Gasteiger partial charge on any atom is -0.733 e. The molecule has 1 saturated heterocycles. The topological polar surface area (TPSA) is 75.6 Å². The van der Waals surface area contributed by atoms with Gasteiger partial charge in [-0.2, -0.15) is 0 Å². The van der Waals surface area contributed by atoms with Crippen molar-refractivity contribution in [3.63, 3.8) is 0 Å². The van der Waals surface area contributed by atoms with Crippen molar-refractivity contribution in [3.8, 4) is 0 Å². The molecule has 21 heavy (non-hydrogen) atoms. The van der Waals surface area contributed by atoms with E-state index in [2.05, 4.69) is 9.97 Å². The molecule has 0 saturated carbocycles. The number of rotatable bonds is 3. The van der Waals surface area contributed by atoms with Crippen LogP contribution in [-0.4, -0.2) is 21.7 Å². The van der Waals surface area contributed by atoms with E-state index in [9.17, 15) is 9.60 Å². The highest BCUT2D eigenvalue weighted by Gasteiger charge is 2.28. The van der Waals surface area contributed by atoms with Crippen LogP contribution in [0.5, 0.6) is 0 Å². The van der Waals surface area contributed by atoms with Crippen LogP contribution in [0.15, 0.2) is 36.7 Å². The predicted octanol–water partition coefficient (Wildman–Crippen LogP) is 2.65. The van der Waals surface area contributed by atoms with E-state index in [1.54, 1.807) is 6.07 Å². The van der Waals surface area contributed by atoms with E-state index < -0.39 is 0 Å². The van der Waals surface area contributed by atoms with Crippen LogP contribution >= 0.6 is 0 Å². The van der Waals surface area contributed by atoms with Gasteiger partial charge in [-0.1, -0.05) is 12.1 Å². The summed E-state index contributed by atoms with van der Waals surface area (Å²) in [7, 11) is 0. The average molecular weight is 289 g/mol. The van der Waals surface area contributed by atoms with E-state index in [1.807, 2.05) is 11.0 Å². The second kappa shape index (κ2) is 5.63. The first kappa shape index (κ1) is 13.7. The molecule has 2 aromatic rings. The standard InChI is InChI=1S/C14H14FN4O2/c15-11-4-1-3-10(7-11)13-5-2-6-18(13)14-16-8-12(9-17-14)19(20)21/h1,3-4,7-9,13,20H,2,5-6H2/q-1/t13-/m1/s1. The largest absolute Gasteiger partial charge is 0.733 e. The lowest BCUT2D eigenvalue weighted by molar-refractivity contribution is 0.296. The van der Waals surface area contributed by atoms with E-state index in [0.29, 0.717) is 5.95 Å². The highest BCUT2D eigenvalue weighted by molar-refractivity contribution is 5.45. The second-order valence-electron chi connectivity index (χ2n) is 4.92. The maximum absolute atomic E-state index is 13.4. The first-order valence-corrected chi connectivity index (χ1v) is 6.65. The molecule has 0 aliphatic carbocycles. The Hall–Kier alpha value is -2.25. The molecule has 0 radical (unpaired) electrons. The molecule has 1 N–H and O–H groups in total. The summed E-state index contributed by atoms with van der Waals surface area (Å²) in [4.78, 5) is 10.2. The van der Waals surface area contributed by atoms with Gasteiger partial charge in [0, 0.05) is 6.54 Å². The lowest BCUT2D eigenvalue weighted by atomic mass is 10.0. The first-order valence-electron chi connectivity index (χ1n) is 6.65. The van der Waals surface area contributed by atoms with Crippen molar-refractivity contribution < 1.29 is 9.60 Å². The monoisotopic (exact) mass is 289 g/mol. The minimum absolute atomic E-state index is 0.0176. The van der Waals surface area contributed by atoms with Gasteiger partial charge < -0.3 is 15.3 Å². The molecule has 0 unspecified atom stereocenters. The highest BCUT2D eigenvalue weighted by atomic mass is 19.1. The molecule has 1 aromatic heterocycles. The van der Waals surface area contributed by atoms with Crippen LogP contribution in [0.4, 0.5) is 16.0 Å². The molecule has 3 rings (SSSR count). The lowest BCUT2D eigenvalue weighted by Crippen LogP contribution is -2.25. The zero-order valence-corrected chi connectivity index (χ0v) is 11.2. The van der Waals surface area contributed by atoms with Gasteiger partial charge in [0.2, 0.25) is 5.95 Å². The molecule has 1 aliphatic rings. The summed E-state index contributed by atoms with van der Waals surface area (Å²) in [6.07, 6.45) is 4.37. The van der Waals surface area contributed by atoms with Crippen LogP contribution < -0.4 is 10.1 Å². The van der Waals surface area contributed by atoms with Crippen LogP contribution in [0.1, 0.15) is 24.4 Å². The number of hydrogen-bond donors (Lipinski definition) is 1. The number of benzene rings is 1. The third-order valence-electron chi connectivity index (χ3n) is 3.59. The van der Waals surface area contributed by atoms with Crippen molar-refractivity contribution in [2.45, 2.75) is 18.9 Å². The van der Waals surface area contributed by atoms with Gasteiger partial charge in [0.05, 0.1) is 24.1 Å². The molecule has 2 heterocycles. The van der Waals surface area contributed by atoms with Crippen LogP contribution in [0.3, 0.4) is 0 Å². The van der Waals surface area contributed by atoms with E-state index >= 15 is 0 Å². The van der Waals surface area contributed by atoms with Gasteiger partial charge in [-0.15, -0.1) is 0 Å². The molecule has 1 aromatic carbocycles. The quantitative estimate of drug-likeness (QED) is 0.875. The molecule has 6 nitrogen and oxygen atoms in total. The third kappa shape index (κ3) is 2.79. The zero-order chi connectivity index (χ0) is 14.8. The Labute approximate surface area is 121 Å². The SMILES string of the molecule is [O-]N(O)c1cnc(N2CCC[C@@H]2c2cccc(F)c2)nc1. The average Bonchev–Trinajstić information content (AvgIpc) is 2.97. The Morgan fingerprint density at radius 3 is 2.76 bits per heavy atom. The van der Waals surface area contributed by atoms with Gasteiger partial charge in [0.1, 0.15) is 5.82 Å². The summed E-state index contributed by atoms with van der Waals surface area (Å²) in [6.45, 7) is 0.765. The second-order valence-corrected chi connectivity index (χ2v) is 4.92. The highest BCUT2D eigenvalue weighted by Crippen LogP contribution is 2.34. The molecule has 1 aliphatic heterocycles. The Morgan fingerprint density at radius 2 is 2.10 bits per heavy atom. The summed E-state index contributed by atoms with van der Waals surface area (Å²) in [5.41, 5.74) is 0.855.